The van der Waals surface area contributed by atoms with Crippen molar-refractivity contribution < 1.29 is 10.0 Å². The summed E-state index contributed by atoms with van der Waals surface area (Å²) in [5, 5.41) is 26.1. The van der Waals surface area contributed by atoms with Crippen LogP contribution in [0.15, 0.2) is 34.9 Å². The highest BCUT2D eigenvalue weighted by Crippen LogP contribution is 2.24. The first-order chi connectivity index (χ1) is 11.0. The number of nitrogens with one attached hydrogen (secondary N) is 2. The van der Waals surface area contributed by atoms with Gasteiger partial charge in [0.2, 0.25) is 5.95 Å². The molecule has 1 aromatic heterocycles. The van der Waals surface area contributed by atoms with E-state index in [0.29, 0.717) is 21.9 Å². The molecule has 0 aliphatic rings. The second-order valence-electron chi connectivity index (χ2n) is 4.75. The molecule has 8 nitrogen and oxygen atoms in total. The van der Waals surface area contributed by atoms with Gasteiger partial charge in [0.15, 0.2) is 0 Å². The van der Waals surface area contributed by atoms with Gasteiger partial charge in [-0.2, -0.15) is 4.98 Å². The van der Waals surface area contributed by atoms with Crippen molar-refractivity contribution in [1.82, 2.24) is 9.97 Å². The first-order valence-electron chi connectivity index (χ1n) is 6.95. The van der Waals surface area contributed by atoms with Crippen LogP contribution in [0, 0.1) is 10.1 Å². The molecule has 1 heterocycles. The van der Waals surface area contributed by atoms with E-state index in [1.807, 2.05) is 6.92 Å². The van der Waals surface area contributed by atoms with Crippen molar-refractivity contribution in [2.45, 2.75) is 19.4 Å². The average Bonchev–Trinajstić information content (AvgIpc) is 2.55. The maximum absolute atomic E-state index is 10.8. The molecule has 3 N–H and O–H groups in total. The van der Waals surface area contributed by atoms with Crippen molar-refractivity contribution in [2.75, 3.05) is 17.2 Å². The number of anilines is 3. The summed E-state index contributed by atoms with van der Waals surface area (Å²) in [4.78, 5) is 18.8. The molecule has 0 aliphatic carbocycles. The second kappa shape index (κ2) is 7.84. The average molecular weight is 382 g/mol. The lowest BCUT2D eigenvalue weighted by Crippen LogP contribution is -2.23. The van der Waals surface area contributed by atoms with Crippen LogP contribution in [0.2, 0.25) is 0 Å². The Labute approximate surface area is 141 Å². The third-order valence-corrected chi connectivity index (χ3v) is 3.69. The molecule has 0 radical (unpaired) electrons. The van der Waals surface area contributed by atoms with Gasteiger partial charge in [-0.1, -0.05) is 13.0 Å². The molecule has 0 saturated carbocycles. The van der Waals surface area contributed by atoms with Crippen molar-refractivity contribution in [1.29, 1.82) is 0 Å². The molecule has 23 heavy (non-hydrogen) atoms. The zero-order chi connectivity index (χ0) is 16.8. The summed E-state index contributed by atoms with van der Waals surface area (Å²) < 4.78 is 0.661. The van der Waals surface area contributed by atoms with Crippen LogP contribution in [-0.4, -0.2) is 32.6 Å². The first kappa shape index (κ1) is 17.1. The fourth-order valence-electron chi connectivity index (χ4n) is 1.83. The van der Waals surface area contributed by atoms with Crippen molar-refractivity contribution in [3.63, 3.8) is 0 Å². The van der Waals surface area contributed by atoms with Crippen LogP contribution in [0.5, 0.6) is 0 Å². The number of nitrogens with zero attached hydrogens (tertiary/aromatic N) is 3. The molecule has 9 heteroatoms. The number of nitro benzene ring substituents is 1. The van der Waals surface area contributed by atoms with Crippen molar-refractivity contribution in [2.24, 2.45) is 0 Å². The Kier molecular flexibility index (Phi) is 5.83. The number of non-ortho nitro benzene ring substituents is 1. The molecule has 0 amide bonds. The molecule has 0 saturated heterocycles. The van der Waals surface area contributed by atoms with Crippen LogP contribution in [0.1, 0.15) is 13.3 Å². The molecule has 122 valence electrons. The van der Waals surface area contributed by atoms with E-state index in [9.17, 15) is 15.2 Å². The fourth-order valence-corrected chi connectivity index (χ4v) is 2.13. The fraction of sp³-hybridized carbons (Fsp3) is 0.286. The zero-order valence-corrected chi connectivity index (χ0v) is 13.9. The van der Waals surface area contributed by atoms with Gasteiger partial charge in [-0.05, 0) is 28.4 Å². The molecule has 2 aromatic rings. The number of rotatable bonds is 7. The highest BCUT2D eigenvalue weighted by molar-refractivity contribution is 9.10. The van der Waals surface area contributed by atoms with E-state index < -0.39 is 4.92 Å². The number of hydrogen-bond donors (Lipinski definition) is 3. The van der Waals surface area contributed by atoms with Gasteiger partial charge in [0, 0.05) is 24.0 Å². The lowest BCUT2D eigenvalue weighted by Gasteiger charge is -2.16. The first-order valence-corrected chi connectivity index (χ1v) is 7.74. The van der Waals surface area contributed by atoms with E-state index in [2.05, 4.69) is 36.5 Å². The van der Waals surface area contributed by atoms with Gasteiger partial charge in [-0.3, -0.25) is 10.1 Å². The summed E-state index contributed by atoms with van der Waals surface area (Å²) in [6.45, 7) is 1.94. The van der Waals surface area contributed by atoms with Gasteiger partial charge >= 0.3 is 0 Å². The zero-order valence-electron chi connectivity index (χ0n) is 12.4. The predicted octanol–water partition coefficient (Wildman–Crippen LogP) is 3.07. The number of nitro groups is 1. The summed E-state index contributed by atoms with van der Waals surface area (Å²) in [5.74, 6) is 0.831. The molecule has 0 spiro atoms. The lowest BCUT2D eigenvalue weighted by atomic mass is 10.2. The topological polar surface area (TPSA) is 113 Å². The SMILES string of the molecule is CC[C@@H](CO)Nc1nc(Nc2cccc([N+](=O)[O-])c2)ncc1Br. The van der Waals surface area contributed by atoms with E-state index in [4.69, 9.17) is 0 Å². The summed E-state index contributed by atoms with van der Waals surface area (Å²) in [5.41, 5.74) is 0.499. The molecule has 0 fully saturated rings. The van der Waals surface area contributed by atoms with E-state index in [-0.39, 0.29) is 18.3 Å². The highest BCUT2D eigenvalue weighted by atomic mass is 79.9. The highest BCUT2D eigenvalue weighted by Gasteiger charge is 2.11. The summed E-state index contributed by atoms with van der Waals surface area (Å²) in [6.07, 6.45) is 2.31. The number of halogens is 1. The largest absolute Gasteiger partial charge is 0.394 e. The van der Waals surface area contributed by atoms with Crippen molar-refractivity contribution in [3.8, 4) is 0 Å². The van der Waals surface area contributed by atoms with Crippen LogP contribution in [0.3, 0.4) is 0 Å². The third-order valence-electron chi connectivity index (χ3n) is 3.11. The predicted molar refractivity (Wildman–Crippen MR) is 90.9 cm³/mol. The third kappa shape index (κ3) is 4.60. The van der Waals surface area contributed by atoms with E-state index in [0.717, 1.165) is 6.42 Å². The number of hydrogen-bond acceptors (Lipinski definition) is 7. The second-order valence-corrected chi connectivity index (χ2v) is 5.61. The monoisotopic (exact) mass is 381 g/mol. The minimum atomic E-state index is -0.465. The maximum Gasteiger partial charge on any atom is 0.271 e. The molecule has 0 unspecified atom stereocenters. The Bertz CT molecular complexity index is 694. The quantitative estimate of drug-likeness (QED) is 0.498. The Balaban J connectivity index is 2.20. The Morgan fingerprint density at radius 3 is 2.91 bits per heavy atom. The van der Waals surface area contributed by atoms with Crippen LogP contribution >= 0.6 is 15.9 Å². The normalized spacial score (nSPS) is 11.8. The number of aliphatic hydroxyl groups excluding tert-OH is 1. The van der Waals surface area contributed by atoms with Gasteiger partial charge in [0.05, 0.1) is 22.0 Å². The number of aromatic nitrogens is 2. The minimum Gasteiger partial charge on any atom is -0.394 e. The minimum absolute atomic E-state index is 0.0133. The molecule has 0 bridgehead atoms. The Morgan fingerprint density at radius 2 is 2.26 bits per heavy atom. The molecule has 0 aliphatic heterocycles. The number of benzene rings is 1. The molecule has 2 rings (SSSR count). The lowest BCUT2D eigenvalue weighted by molar-refractivity contribution is -0.384. The smallest absolute Gasteiger partial charge is 0.271 e. The van der Waals surface area contributed by atoms with Crippen molar-refractivity contribution >= 4 is 39.1 Å². The van der Waals surface area contributed by atoms with E-state index in [1.54, 1.807) is 18.3 Å². The maximum atomic E-state index is 10.8. The van der Waals surface area contributed by atoms with E-state index in [1.165, 1.54) is 12.1 Å². The van der Waals surface area contributed by atoms with Crippen LogP contribution in [0.25, 0.3) is 0 Å². The van der Waals surface area contributed by atoms with Gasteiger partial charge in [-0.15, -0.1) is 0 Å². The van der Waals surface area contributed by atoms with Gasteiger partial charge in [0.25, 0.3) is 5.69 Å². The van der Waals surface area contributed by atoms with Gasteiger partial charge < -0.3 is 15.7 Å². The molecule has 1 aromatic carbocycles. The molecule has 1 atom stereocenters. The van der Waals surface area contributed by atoms with Crippen LogP contribution in [0.4, 0.5) is 23.1 Å². The van der Waals surface area contributed by atoms with Gasteiger partial charge in [-0.25, -0.2) is 4.98 Å². The van der Waals surface area contributed by atoms with Crippen LogP contribution in [-0.2, 0) is 0 Å². The number of aliphatic hydroxyl groups is 1. The van der Waals surface area contributed by atoms with Crippen molar-refractivity contribution in [3.05, 3.63) is 45.0 Å². The molecular weight excluding hydrogens is 366 g/mol. The van der Waals surface area contributed by atoms with Crippen LogP contribution < -0.4 is 10.6 Å². The molecular formula is C14H16BrN5O3. The van der Waals surface area contributed by atoms with E-state index >= 15 is 0 Å². The summed E-state index contributed by atoms with van der Waals surface area (Å²) in [6, 6.07) is 5.96. The standard InChI is InChI=1S/C14H16BrN5O3/c1-2-9(8-21)17-13-12(15)7-16-14(19-13)18-10-4-3-5-11(6-10)20(22)23/h3-7,9,21H,2,8H2,1H3,(H2,16,17,18,19)/t9-/m0/s1. The summed E-state index contributed by atoms with van der Waals surface area (Å²) in [7, 11) is 0. The van der Waals surface area contributed by atoms with Gasteiger partial charge in [0.1, 0.15) is 5.82 Å². The Morgan fingerprint density at radius 1 is 1.48 bits per heavy atom. The Hall–Kier alpha value is -2.26. The summed E-state index contributed by atoms with van der Waals surface area (Å²) >= 11 is 3.35.